The minimum Gasteiger partial charge on any atom is -0.496 e. The van der Waals surface area contributed by atoms with E-state index in [0.717, 1.165) is 10.1 Å². The summed E-state index contributed by atoms with van der Waals surface area (Å²) in [5.74, 6) is 1.01. The first-order valence-corrected chi connectivity index (χ1v) is 9.16. The van der Waals surface area contributed by atoms with Gasteiger partial charge in [-0.1, -0.05) is 48.5 Å². The third-order valence-electron chi connectivity index (χ3n) is 4.96. The van der Waals surface area contributed by atoms with Gasteiger partial charge in [-0.15, -0.1) is 0 Å². The van der Waals surface area contributed by atoms with Crippen molar-refractivity contribution < 1.29 is 9.15 Å². The quantitative estimate of drug-likeness (QED) is 0.566. The summed E-state index contributed by atoms with van der Waals surface area (Å²) in [6.45, 7) is 0.497. The molecular formula is C22H21N3O4. The van der Waals surface area contributed by atoms with Crippen LogP contribution < -0.4 is 21.3 Å². The number of ether oxygens (including phenoxy) is 1. The highest BCUT2D eigenvalue weighted by Crippen LogP contribution is 2.40. The highest BCUT2D eigenvalue weighted by Gasteiger charge is 2.24. The van der Waals surface area contributed by atoms with E-state index < -0.39 is 11.2 Å². The van der Waals surface area contributed by atoms with Gasteiger partial charge in [-0.2, -0.15) is 0 Å². The first-order chi connectivity index (χ1) is 14.0. The number of anilines is 1. The molecule has 148 valence electrons. The predicted octanol–water partition coefficient (Wildman–Crippen LogP) is 3.12. The zero-order chi connectivity index (χ0) is 20.5. The van der Waals surface area contributed by atoms with Crippen LogP contribution in [0, 0.1) is 0 Å². The van der Waals surface area contributed by atoms with Gasteiger partial charge in [0.2, 0.25) is 11.6 Å². The van der Waals surface area contributed by atoms with E-state index >= 15 is 0 Å². The second-order valence-electron chi connectivity index (χ2n) is 6.73. The first-order valence-electron chi connectivity index (χ1n) is 9.16. The van der Waals surface area contributed by atoms with Crippen LogP contribution in [0.15, 0.2) is 68.6 Å². The Bertz CT molecular complexity index is 1300. The largest absolute Gasteiger partial charge is 0.496 e. The third-order valence-corrected chi connectivity index (χ3v) is 4.96. The van der Waals surface area contributed by atoms with E-state index in [-0.39, 0.29) is 5.71 Å². The molecule has 0 unspecified atom stereocenters. The number of hydrogen-bond donors (Lipinski definition) is 1. The molecule has 0 amide bonds. The van der Waals surface area contributed by atoms with Gasteiger partial charge in [0.1, 0.15) is 11.1 Å². The fourth-order valence-electron chi connectivity index (χ4n) is 3.43. The molecule has 2 heterocycles. The van der Waals surface area contributed by atoms with Crippen LogP contribution in [0.1, 0.15) is 5.56 Å². The molecule has 0 atom stereocenters. The van der Waals surface area contributed by atoms with Gasteiger partial charge in [0.15, 0.2) is 0 Å². The Morgan fingerprint density at radius 3 is 2.38 bits per heavy atom. The number of furan rings is 1. The molecule has 7 heteroatoms. The van der Waals surface area contributed by atoms with Gasteiger partial charge in [0.25, 0.3) is 5.56 Å². The van der Waals surface area contributed by atoms with Gasteiger partial charge in [-0.3, -0.25) is 13.9 Å². The minimum atomic E-state index is -0.447. The van der Waals surface area contributed by atoms with Crippen LogP contribution >= 0.6 is 0 Å². The summed E-state index contributed by atoms with van der Waals surface area (Å²) >= 11 is 0. The van der Waals surface area contributed by atoms with Gasteiger partial charge in [0.05, 0.1) is 12.7 Å². The molecular weight excluding hydrogens is 370 g/mol. The molecule has 29 heavy (non-hydrogen) atoms. The van der Waals surface area contributed by atoms with Crippen molar-refractivity contribution in [1.29, 1.82) is 0 Å². The SMILES string of the molecule is COc1ccccc1-c1c(NCc2ccccc2)oc2c1c(=O)n(C)c(=O)n2C. The van der Waals surface area contributed by atoms with Gasteiger partial charge in [-0.25, -0.2) is 4.79 Å². The number of aromatic nitrogens is 2. The van der Waals surface area contributed by atoms with E-state index in [1.54, 1.807) is 14.2 Å². The van der Waals surface area contributed by atoms with E-state index in [2.05, 4.69) is 5.32 Å². The Morgan fingerprint density at radius 1 is 0.966 bits per heavy atom. The molecule has 7 nitrogen and oxygen atoms in total. The lowest BCUT2D eigenvalue weighted by atomic mass is 10.0. The zero-order valence-electron chi connectivity index (χ0n) is 16.4. The summed E-state index contributed by atoms with van der Waals surface area (Å²) in [6.07, 6.45) is 0. The van der Waals surface area contributed by atoms with Crippen LogP contribution in [0.2, 0.25) is 0 Å². The van der Waals surface area contributed by atoms with E-state index in [1.165, 1.54) is 11.6 Å². The molecule has 0 bridgehead atoms. The maximum atomic E-state index is 13.0. The van der Waals surface area contributed by atoms with Gasteiger partial charge in [-0.05, 0) is 11.6 Å². The second kappa shape index (κ2) is 7.35. The molecule has 2 aromatic heterocycles. The first kappa shape index (κ1) is 18.6. The van der Waals surface area contributed by atoms with Crippen molar-refractivity contribution in [2.75, 3.05) is 12.4 Å². The van der Waals surface area contributed by atoms with Crippen LogP contribution in [0.4, 0.5) is 5.88 Å². The highest BCUT2D eigenvalue weighted by atomic mass is 16.5. The van der Waals surface area contributed by atoms with Crippen molar-refractivity contribution in [3.63, 3.8) is 0 Å². The molecule has 0 aliphatic carbocycles. The molecule has 0 aliphatic rings. The predicted molar refractivity (Wildman–Crippen MR) is 112 cm³/mol. The summed E-state index contributed by atoms with van der Waals surface area (Å²) in [5.41, 5.74) is 1.69. The zero-order valence-corrected chi connectivity index (χ0v) is 16.4. The molecule has 0 saturated heterocycles. The minimum absolute atomic E-state index is 0.217. The van der Waals surface area contributed by atoms with Crippen LogP contribution in [-0.2, 0) is 20.6 Å². The topological polar surface area (TPSA) is 78.4 Å². The average Bonchev–Trinajstić information content (AvgIpc) is 3.15. The molecule has 0 saturated carbocycles. The van der Waals surface area contributed by atoms with E-state index in [0.29, 0.717) is 34.7 Å². The maximum Gasteiger partial charge on any atom is 0.333 e. The lowest BCUT2D eigenvalue weighted by Gasteiger charge is -2.10. The average molecular weight is 391 g/mol. The Labute approximate surface area is 166 Å². The number of para-hydroxylation sites is 1. The fourth-order valence-corrected chi connectivity index (χ4v) is 3.43. The summed E-state index contributed by atoms with van der Waals surface area (Å²) in [4.78, 5) is 25.4. The van der Waals surface area contributed by atoms with E-state index in [1.807, 2.05) is 54.6 Å². The number of aryl methyl sites for hydroxylation is 1. The molecule has 4 aromatic rings. The second-order valence-corrected chi connectivity index (χ2v) is 6.73. The number of fused-ring (bicyclic) bond motifs is 1. The number of nitrogens with zero attached hydrogens (tertiary/aromatic N) is 2. The summed E-state index contributed by atoms with van der Waals surface area (Å²) in [6, 6.07) is 17.2. The number of nitrogens with one attached hydrogen (secondary N) is 1. The van der Waals surface area contributed by atoms with E-state index in [4.69, 9.17) is 9.15 Å². The standard InChI is InChI=1S/C22H21N3O4/c1-24-20(26)18-17(15-11-7-8-12-16(15)28-3)19(29-21(18)25(2)22(24)27)23-13-14-9-5-4-6-10-14/h4-12,23H,13H2,1-3H3. The highest BCUT2D eigenvalue weighted by molar-refractivity contribution is 6.00. The Balaban J connectivity index is 1.99. The monoisotopic (exact) mass is 391 g/mol. The Kier molecular flexibility index (Phi) is 4.72. The molecule has 1 N–H and O–H groups in total. The molecule has 0 spiro atoms. The van der Waals surface area contributed by atoms with Crippen molar-refractivity contribution in [2.45, 2.75) is 6.54 Å². The molecule has 0 radical (unpaired) electrons. The molecule has 4 rings (SSSR count). The number of rotatable bonds is 5. The third kappa shape index (κ3) is 3.10. The Morgan fingerprint density at radius 2 is 1.66 bits per heavy atom. The smallest absolute Gasteiger partial charge is 0.333 e. The lowest BCUT2D eigenvalue weighted by molar-refractivity contribution is 0.416. The number of benzene rings is 2. The van der Waals surface area contributed by atoms with Crippen LogP contribution in [0.25, 0.3) is 22.2 Å². The molecule has 2 aromatic carbocycles. The van der Waals surface area contributed by atoms with Crippen molar-refractivity contribution in [3.05, 3.63) is 81.0 Å². The van der Waals surface area contributed by atoms with Crippen molar-refractivity contribution in [3.8, 4) is 16.9 Å². The van der Waals surface area contributed by atoms with Crippen molar-refractivity contribution in [2.24, 2.45) is 14.1 Å². The normalized spacial score (nSPS) is 11.0. The van der Waals surface area contributed by atoms with Crippen LogP contribution in [0.3, 0.4) is 0 Å². The summed E-state index contributed by atoms with van der Waals surface area (Å²) in [5, 5.41) is 3.60. The molecule has 0 aliphatic heterocycles. The maximum absolute atomic E-state index is 13.0. The Hall–Kier alpha value is -3.74. The molecule has 0 fully saturated rings. The number of hydrogen-bond acceptors (Lipinski definition) is 5. The summed E-state index contributed by atoms with van der Waals surface area (Å²) < 4.78 is 13.9. The van der Waals surface area contributed by atoms with Crippen molar-refractivity contribution >= 4 is 17.0 Å². The summed E-state index contributed by atoms with van der Waals surface area (Å²) in [7, 11) is 4.62. The van der Waals surface area contributed by atoms with E-state index in [9.17, 15) is 9.59 Å². The van der Waals surface area contributed by atoms with Crippen LogP contribution in [0.5, 0.6) is 5.75 Å². The van der Waals surface area contributed by atoms with Crippen molar-refractivity contribution in [1.82, 2.24) is 9.13 Å². The van der Waals surface area contributed by atoms with Gasteiger partial charge >= 0.3 is 5.69 Å². The van der Waals surface area contributed by atoms with Gasteiger partial charge < -0.3 is 14.5 Å². The van der Waals surface area contributed by atoms with Gasteiger partial charge in [0, 0.05) is 26.2 Å². The lowest BCUT2D eigenvalue weighted by Crippen LogP contribution is -2.36. The fraction of sp³-hybridized carbons (Fsp3) is 0.182. The number of methoxy groups -OCH3 is 1. The van der Waals surface area contributed by atoms with Crippen LogP contribution in [-0.4, -0.2) is 16.2 Å².